The monoisotopic (exact) mass is 331 g/mol. The highest BCUT2D eigenvalue weighted by molar-refractivity contribution is 5.74. The largest absolute Gasteiger partial charge is 0.385 e. The number of pyridine rings is 1. The summed E-state index contributed by atoms with van der Waals surface area (Å²) >= 11 is 0. The number of hydrogen-bond acceptors (Lipinski definition) is 3. The molecule has 2 heterocycles. The highest BCUT2D eigenvalue weighted by Gasteiger charge is 2.35. The number of piperidine rings is 1. The summed E-state index contributed by atoms with van der Waals surface area (Å²) in [6.45, 7) is 1.94. The van der Waals surface area contributed by atoms with E-state index >= 15 is 0 Å². The fourth-order valence-electron chi connectivity index (χ4n) is 3.98. The number of aliphatic hydroxyl groups is 1. The molecule has 5 nitrogen and oxygen atoms in total. The molecule has 0 unspecified atom stereocenters. The minimum Gasteiger partial charge on any atom is -0.385 e. The van der Waals surface area contributed by atoms with Gasteiger partial charge >= 0.3 is 6.03 Å². The number of hydrogen-bond donors (Lipinski definition) is 2. The molecule has 0 radical (unpaired) electrons. The molecule has 0 atom stereocenters. The van der Waals surface area contributed by atoms with E-state index in [1.165, 1.54) is 32.1 Å². The standard InChI is InChI=1S/C19H29N3O2/c23-18(21-12-8-16-5-2-1-3-6-16)22-13-9-19(24,10-14-22)17-7-4-11-20-15-17/h4,7,11,15-16,24H,1-3,5-6,8-10,12-14H2,(H,21,23). The topological polar surface area (TPSA) is 65.5 Å². The summed E-state index contributed by atoms with van der Waals surface area (Å²) in [4.78, 5) is 18.2. The first-order chi connectivity index (χ1) is 11.7. The van der Waals surface area contributed by atoms with E-state index in [0.717, 1.165) is 24.4 Å². The predicted octanol–water partition coefficient (Wildman–Crippen LogP) is 3.05. The molecule has 1 aliphatic heterocycles. The van der Waals surface area contributed by atoms with E-state index in [2.05, 4.69) is 10.3 Å². The zero-order valence-electron chi connectivity index (χ0n) is 14.4. The molecule has 2 aliphatic rings. The predicted molar refractivity (Wildman–Crippen MR) is 93.5 cm³/mol. The Balaban J connectivity index is 1.41. The van der Waals surface area contributed by atoms with Crippen LogP contribution in [-0.2, 0) is 5.60 Å². The molecule has 3 rings (SSSR count). The molecule has 0 bridgehead atoms. The number of amides is 2. The van der Waals surface area contributed by atoms with E-state index in [1.54, 1.807) is 12.4 Å². The van der Waals surface area contributed by atoms with Crippen molar-refractivity contribution in [1.29, 1.82) is 0 Å². The average molecular weight is 331 g/mol. The minimum atomic E-state index is -0.854. The van der Waals surface area contributed by atoms with E-state index in [9.17, 15) is 9.90 Å². The number of rotatable bonds is 4. The van der Waals surface area contributed by atoms with Crippen molar-refractivity contribution in [2.24, 2.45) is 5.92 Å². The lowest BCUT2D eigenvalue weighted by atomic mass is 9.85. The zero-order chi connectivity index (χ0) is 16.8. The summed E-state index contributed by atoms with van der Waals surface area (Å²) in [5, 5.41) is 13.8. The second-order valence-corrected chi connectivity index (χ2v) is 7.28. The lowest BCUT2D eigenvalue weighted by Gasteiger charge is -2.38. The van der Waals surface area contributed by atoms with Gasteiger partial charge in [0.1, 0.15) is 0 Å². The molecule has 1 saturated heterocycles. The van der Waals surface area contributed by atoms with Crippen LogP contribution in [-0.4, -0.2) is 40.7 Å². The van der Waals surface area contributed by atoms with Crippen molar-refractivity contribution < 1.29 is 9.90 Å². The van der Waals surface area contributed by atoms with Gasteiger partial charge < -0.3 is 15.3 Å². The van der Waals surface area contributed by atoms with Crippen LogP contribution in [0.25, 0.3) is 0 Å². The Kier molecular flexibility index (Phi) is 5.72. The normalized spacial score (nSPS) is 21.5. The summed E-state index contributed by atoms with van der Waals surface area (Å²) in [6, 6.07) is 3.77. The van der Waals surface area contributed by atoms with E-state index in [1.807, 2.05) is 17.0 Å². The Labute approximate surface area is 144 Å². The van der Waals surface area contributed by atoms with Crippen molar-refractivity contribution in [2.45, 2.75) is 57.0 Å². The van der Waals surface area contributed by atoms with E-state index in [0.29, 0.717) is 25.9 Å². The summed E-state index contributed by atoms with van der Waals surface area (Å²) in [7, 11) is 0. The summed E-state index contributed by atoms with van der Waals surface area (Å²) < 4.78 is 0. The van der Waals surface area contributed by atoms with Gasteiger partial charge in [-0.15, -0.1) is 0 Å². The van der Waals surface area contributed by atoms with Gasteiger partial charge in [0.2, 0.25) is 0 Å². The van der Waals surface area contributed by atoms with Gasteiger partial charge in [-0.25, -0.2) is 4.79 Å². The third kappa shape index (κ3) is 4.26. The Morgan fingerprint density at radius 1 is 1.29 bits per heavy atom. The first kappa shape index (κ1) is 17.2. The Bertz CT molecular complexity index is 521. The van der Waals surface area contributed by atoms with Crippen LogP contribution in [0.2, 0.25) is 0 Å². The van der Waals surface area contributed by atoms with Crippen LogP contribution in [0, 0.1) is 5.92 Å². The number of likely N-dealkylation sites (tertiary alicyclic amines) is 1. The van der Waals surface area contributed by atoms with Crippen LogP contribution in [0.1, 0.15) is 56.9 Å². The number of urea groups is 1. The van der Waals surface area contributed by atoms with Gasteiger partial charge in [0.05, 0.1) is 5.60 Å². The molecule has 0 spiro atoms. The van der Waals surface area contributed by atoms with Crippen LogP contribution in [0.15, 0.2) is 24.5 Å². The van der Waals surface area contributed by atoms with Crippen LogP contribution in [0.5, 0.6) is 0 Å². The van der Waals surface area contributed by atoms with Crippen molar-refractivity contribution in [3.8, 4) is 0 Å². The third-order valence-corrected chi connectivity index (χ3v) is 5.63. The molecule has 2 fully saturated rings. The van der Waals surface area contributed by atoms with Gasteiger partial charge in [-0.1, -0.05) is 38.2 Å². The molecule has 1 aromatic heterocycles. The first-order valence-corrected chi connectivity index (χ1v) is 9.33. The molecule has 1 saturated carbocycles. The van der Waals surface area contributed by atoms with Crippen molar-refractivity contribution >= 4 is 6.03 Å². The highest BCUT2D eigenvalue weighted by Crippen LogP contribution is 2.32. The summed E-state index contributed by atoms with van der Waals surface area (Å²) in [5.74, 6) is 0.788. The number of carbonyl (C=O) groups excluding carboxylic acids is 1. The fraction of sp³-hybridized carbons (Fsp3) is 0.684. The third-order valence-electron chi connectivity index (χ3n) is 5.63. The van der Waals surface area contributed by atoms with E-state index in [4.69, 9.17) is 0 Å². The van der Waals surface area contributed by atoms with Crippen molar-refractivity contribution in [2.75, 3.05) is 19.6 Å². The minimum absolute atomic E-state index is 0.0130. The quantitative estimate of drug-likeness (QED) is 0.891. The van der Waals surface area contributed by atoms with Gasteiger partial charge in [0.25, 0.3) is 0 Å². The van der Waals surface area contributed by atoms with Crippen LogP contribution in [0.4, 0.5) is 4.79 Å². The zero-order valence-corrected chi connectivity index (χ0v) is 14.4. The molecular formula is C19H29N3O2. The maximum Gasteiger partial charge on any atom is 0.317 e. The molecule has 1 aromatic rings. The summed E-state index contributed by atoms with van der Waals surface area (Å²) in [5.41, 5.74) is -0.00463. The summed E-state index contributed by atoms with van der Waals surface area (Å²) in [6.07, 6.45) is 12.4. The Hall–Kier alpha value is -1.62. The van der Waals surface area contributed by atoms with Gasteiger partial charge in [-0.05, 0) is 31.2 Å². The lowest BCUT2D eigenvalue weighted by molar-refractivity contribution is -0.0170. The number of carbonyl (C=O) groups is 1. The smallest absolute Gasteiger partial charge is 0.317 e. The van der Waals surface area contributed by atoms with E-state index in [-0.39, 0.29) is 6.03 Å². The Morgan fingerprint density at radius 2 is 2.04 bits per heavy atom. The van der Waals surface area contributed by atoms with Gasteiger partial charge in [0.15, 0.2) is 0 Å². The molecule has 24 heavy (non-hydrogen) atoms. The van der Waals surface area contributed by atoms with Gasteiger partial charge in [0, 0.05) is 37.6 Å². The molecule has 2 N–H and O–H groups in total. The number of nitrogens with zero attached hydrogens (tertiary/aromatic N) is 2. The van der Waals surface area contributed by atoms with Crippen molar-refractivity contribution in [3.63, 3.8) is 0 Å². The first-order valence-electron chi connectivity index (χ1n) is 9.33. The van der Waals surface area contributed by atoms with Crippen molar-refractivity contribution in [3.05, 3.63) is 30.1 Å². The van der Waals surface area contributed by atoms with Gasteiger partial charge in [-0.2, -0.15) is 0 Å². The van der Waals surface area contributed by atoms with Crippen LogP contribution >= 0.6 is 0 Å². The number of aromatic nitrogens is 1. The molecular weight excluding hydrogens is 302 g/mol. The van der Waals surface area contributed by atoms with Gasteiger partial charge in [-0.3, -0.25) is 4.98 Å². The average Bonchev–Trinajstić information content (AvgIpc) is 2.64. The fourth-order valence-corrected chi connectivity index (χ4v) is 3.98. The second-order valence-electron chi connectivity index (χ2n) is 7.28. The van der Waals surface area contributed by atoms with Crippen LogP contribution in [0.3, 0.4) is 0 Å². The molecule has 5 heteroatoms. The number of nitrogens with one attached hydrogen (secondary N) is 1. The molecule has 2 amide bonds. The second kappa shape index (κ2) is 7.97. The highest BCUT2D eigenvalue weighted by atomic mass is 16.3. The maximum absolute atomic E-state index is 12.3. The van der Waals surface area contributed by atoms with E-state index < -0.39 is 5.60 Å². The Morgan fingerprint density at radius 3 is 2.71 bits per heavy atom. The molecule has 132 valence electrons. The molecule has 0 aromatic carbocycles. The maximum atomic E-state index is 12.3. The van der Waals surface area contributed by atoms with Crippen LogP contribution < -0.4 is 5.32 Å². The SMILES string of the molecule is O=C(NCCC1CCCCC1)N1CCC(O)(c2cccnc2)CC1. The van der Waals surface area contributed by atoms with Crippen molar-refractivity contribution in [1.82, 2.24) is 15.2 Å². The lowest BCUT2D eigenvalue weighted by Crippen LogP contribution is -2.49. The molecule has 1 aliphatic carbocycles.